The zero-order valence-corrected chi connectivity index (χ0v) is 20.3. The van der Waals surface area contributed by atoms with Crippen molar-refractivity contribution in [2.24, 2.45) is 0 Å². The molecule has 0 nitrogen and oxygen atoms in total. The summed E-state index contributed by atoms with van der Waals surface area (Å²) in [5.74, 6) is -0.00231. The summed E-state index contributed by atoms with van der Waals surface area (Å²) in [4.78, 5) is 0. The third-order valence-electron chi connectivity index (χ3n) is 3.86. The Morgan fingerprint density at radius 1 is 0.677 bits per heavy atom. The van der Waals surface area contributed by atoms with Gasteiger partial charge < -0.3 is 0 Å². The zero-order chi connectivity index (χ0) is 24.2. The number of aryl methyl sites for hydroxylation is 2. The molecule has 0 fully saturated rings. The molecule has 31 heavy (non-hydrogen) atoms. The molecule has 0 aliphatic carbocycles. The highest BCUT2D eigenvalue weighted by atomic mass is 19.1. The van der Waals surface area contributed by atoms with Crippen molar-refractivity contribution in [3.8, 4) is 0 Å². The second-order valence-corrected chi connectivity index (χ2v) is 6.45. The fraction of sp³-hybridized carbons (Fsp3) is 0.357. The van der Waals surface area contributed by atoms with E-state index in [-0.39, 0.29) is 17.5 Å². The first-order valence-corrected chi connectivity index (χ1v) is 11.0. The standard InChI is InChI=1S/C9H11F.C8H9F.C7H7F.2C2H6/c1-7(2)8-4-3-5-9(10)6-8;1-2-7-5-3-4-6-8(7)9;1-6-2-4-7(8)5-3-6;2*1-2/h3-7H,1-2H3;3-6H,2H2,1H3;2-5H,1H3;2*1-2H3. The summed E-state index contributed by atoms with van der Waals surface area (Å²) in [6.45, 7) is 16.0. The number of benzene rings is 3. The third kappa shape index (κ3) is 15.0. The summed E-state index contributed by atoms with van der Waals surface area (Å²) >= 11 is 0. The van der Waals surface area contributed by atoms with Gasteiger partial charge in [0.2, 0.25) is 0 Å². The van der Waals surface area contributed by atoms with E-state index < -0.39 is 0 Å². The molecule has 0 radical (unpaired) electrons. The highest BCUT2D eigenvalue weighted by Crippen LogP contribution is 2.14. The molecule has 0 atom stereocenters. The van der Waals surface area contributed by atoms with E-state index in [2.05, 4.69) is 13.8 Å². The van der Waals surface area contributed by atoms with Crippen LogP contribution in [0.1, 0.15) is 71.1 Å². The first kappa shape index (κ1) is 30.6. The van der Waals surface area contributed by atoms with E-state index >= 15 is 0 Å². The molecule has 3 heteroatoms. The molecule has 0 aliphatic heterocycles. The molecule has 3 rings (SSSR count). The zero-order valence-electron chi connectivity index (χ0n) is 20.3. The summed E-state index contributed by atoms with van der Waals surface area (Å²) in [5, 5.41) is 0. The minimum Gasteiger partial charge on any atom is -0.207 e. The Kier molecular flexibility index (Phi) is 19.2. The minimum absolute atomic E-state index is 0.0972. The van der Waals surface area contributed by atoms with Gasteiger partial charge in [0, 0.05) is 0 Å². The fourth-order valence-electron chi connectivity index (χ4n) is 2.18. The summed E-state index contributed by atoms with van der Waals surface area (Å²) in [6, 6.07) is 20.0. The van der Waals surface area contributed by atoms with Gasteiger partial charge in [-0.2, -0.15) is 0 Å². The average molecular weight is 433 g/mol. The maximum atomic E-state index is 12.6. The Morgan fingerprint density at radius 3 is 1.58 bits per heavy atom. The normalized spacial score (nSPS) is 8.90. The van der Waals surface area contributed by atoms with Gasteiger partial charge in [0.1, 0.15) is 17.5 Å². The molecule has 0 amide bonds. The maximum absolute atomic E-state index is 12.6. The van der Waals surface area contributed by atoms with Gasteiger partial charge in [-0.15, -0.1) is 0 Å². The molecule has 0 bridgehead atoms. The van der Waals surface area contributed by atoms with Crippen LogP contribution in [0.2, 0.25) is 0 Å². The molecule has 172 valence electrons. The lowest BCUT2D eigenvalue weighted by atomic mass is 10.0. The Labute approximate surface area is 188 Å². The molecule has 0 saturated carbocycles. The predicted octanol–water partition coefficient (Wildman–Crippen LogP) is 9.52. The molecule has 0 unspecified atom stereocenters. The molecular weight excluding hydrogens is 393 g/mol. The maximum Gasteiger partial charge on any atom is 0.126 e. The summed E-state index contributed by atoms with van der Waals surface area (Å²) in [6.07, 6.45) is 0.771. The Bertz CT molecular complexity index is 772. The first-order valence-electron chi connectivity index (χ1n) is 11.0. The van der Waals surface area contributed by atoms with Crippen molar-refractivity contribution < 1.29 is 13.2 Å². The molecule has 0 aliphatic rings. The van der Waals surface area contributed by atoms with Crippen molar-refractivity contribution in [2.45, 2.75) is 67.7 Å². The second-order valence-electron chi connectivity index (χ2n) is 6.45. The molecule has 0 spiro atoms. The molecular formula is C28H39F3. The van der Waals surface area contributed by atoms with E-state index in [1.807, 2.05) is 53.7 Å². The minimum atomic E-state index is -0.171. The molecule has 3 aromatic carbocycles. The van der Waals surface area contributed by atoms with Crippen LogP contribution < -0.4 is 0 Å². The van der Waals surface area contributed by atoms with Crippen molar-refractivity contribution in [3.05, 3.63) is 107 Å². The van der Waals surface area contributed by atoms with Crippen LogP contribution in [0.3, 0.4) is 0 Å². The first-order chi connectivity index (χ1) is 14.8. The van der Waals surface area contributed by atoms with Crippen LogP contribution in [0.15, 0.2) is 72.8 Å². The predicted molar refractivity (Wildman–Crippen MR) is 130 cm³/mol. The lowest BCUT2D eigenvalue weighted by molar-refractivity contribution is 0.612. The van der Waals surface area contributed by atoms with Crippen LogP contribution in [0.4, 0.5) is 13.2 Å². The van der Waals surface area contributed by atoms with Crippen molar-refractivity contribution in [3.63, 3.8) is 0 Å². The molecule has 0 aromatic heterocycles. The van der Waals surface area contributed by atoms with Gasteiger partial charge in [-0.1, -0.05) is 96.5 Å². The largest absolute Gasteiger partial charge is 0.207 e. The van der Waals surface area contributed by atoms with Gasteiger partial charge >= 0.3 is 0 Å². The van der Waals surface area contributed by atoms with Crippen LogP contribution in [-0.2, 0) is 6.42 Å². The topological polar surface area (TPSA) is 0 Å². The lowest BCUT2D eigenvalue weighted by Gasteiger charge is -2.02. The van der Waals surface area contributed by atoms with Gasteiger partial charge in [0.15, 0.2) is 0 Å². The second kappa shape index (κ2) is 19.4. The Balaban J connectivity index is 0. The van der Waals surface area contributed by atoms with Gasteiger partial charge in [-0.05, 0) is 60.7 Å². The molecule has 0 N–H and O–H groups in total. The van der Waals surface area contributed by atoms with Crippen LogP contribution in [0.5, 0.6) is 0 Å². The van der Waals surface area contributed by atoms with E-state index in [9.17, 15) is 13.2 Å². The smallest absolute Gasteiger partial charge is 0.126 e. The van der Waals surface area contributed by atoms with E-state index in [4.69, 9.17) is 0 Å². The summed E-state index contributed by atoms with van der Waals surface area (Å²) < 4.78 is 37.2. The van der Waals surface area contributed by atoms with E-state index in [0.29, 0.717) is 5.92 Å². The number of hydrogen-bond donors (Lipinski definition) is 0. The summed E-state index contributed by atoms with van der Waals surface area (Å²) in [5.41, 5.74) is 2.93. The van der Waals surface area contributed by atoms with Crippen LogP contribution in [0.25, 0.3) is 0 Å². The molecule has 0 saturated heterocycles. The van der Waals surface area contributed by atoms with Crippen LogP contribution in [-0.4, -0.2) is 0 Å². The highest BCUT2D eigenvalue weighted by Gasteiger charge is 1.98. The Morgan fingerprint density at radius 2 is 1.23 bits per heavy atom. The average Bonchev–Trinajstić information content (AvgIpc) is 2.80. The van der Waals surface area contributed by atoms with Crippen molar-refractivity contribution >= 4 is 0 Å². The lowest BCUT2D eigenvalue weighted by Crippen LogP contribution is -1.86. The van der Waals surface area contributed by atoms with E-state index in [1.165, 1.54) is 24.3 Å². The third-order valence-corrected chi connectivity index (χ3v) is 3.86. The van der Waals surface area contributed by atoms with Gasteiger partial charge in [0.05, 0.1) is 0 Å². The quantitative estimate of drug-likeness (QED) is 0.378. The number of halogens is 3. The molecule has 0 heterocycles. The van der Waals surface area contributed by atoms with E-state index in [1.54, 1.807) is 36.4 Å². The Hall–Kier alpha value is -2.55. The van der Waals surface area contributed by atoms with Crippen molar-refractivity contribution in [1.29, 1.82) is 0 Å². The van der Waals surface area contributed by atoms with E-state index in [0.717, 1.165) is 23.1 Å². The monoisotopic (exact) mass is 432 g/mol. The SMILES string of the molecule is CC.CC.CC(C)c1cccc(F)c1.CCc1ccccc1F.Cc1ccc(F)cc1. The van der Waals surface area contributed by atoms with Gasteiger partial charge in [0.25, 0.3) is 0 Å². The van der Waals surface area contributed by atoms with Gasteiger partial charge in [-0.3, -0.25) is 0 Å². The fourth-order valence-corrected chi connectivity index (χ4v) is 2.18. The van der Waals surface area contributed by atoms with Crippen LogP contribution >= 0.6 is 0 Å². The number of rotatable bonds is 2. The van der Waals surface area contributed by atoms with Crippen LogP contribution in [0, 0.1) is 24.4 Å². The summed E-state index contributed by atoms with van der Waals surface area (Å²) in [7, 11) is 0. The number of hydrogen-bond acceptors (Lipinski definition) is 0. The van der Waals surface area contributed by atoms with Gasteiger partial charge in [-0.25, -0.2) is 13.2 Å². The highest BCUT2D eigenvalue weighted by molar-refractivity contribution is 5.19. The van der Waals surface area contributed by atoms with Crippen molar-refractivity contribution in [2.75, 3.05) is 0 Å². The van der Waals surface area contributed by atoms with Crippen molar-refractivity contribution in [1.82, 2.24) is 0 Å². The molecule has 3 aromatic rings.